The molecule has 0 bridgehead atoms. The zero-order valence-corrected chi connectivity index (χ0v) is 12.1. The highest BCUT2D eigenvalue weighted by molar-refractivity contribution is 5.92. The van der Waals surface area contributed by atoms with Crippen molar-refractivity contribution >= 4 is 17.6 Å². The number of fused-ring (bicyclic) bond motifs is 1. The van der Waals surface area contributed by atoms with Crippen molar-refractivity contribution in [2.45, 2.75) is 25.8 Å². The summed E-state index contributed by atoms with van der Waals surface area (Å²) in [5.74, 6) is -0.999. The Morgan fingerprint density at radius 2 is 2.29 bits per heavy atom. The molecule has 1 amide bonds. The Morgan fingerprint density at radius 1 is 1.52 bits per heavy atom. The molecule has 0 radical (unpaired) electrons. The number of nitrogens with one attached hydrogen (secondary N) is 1. The summed E-state index contributed by atoms with van der Waals surface area (Å²) < 4.78 is 0. The van der Waals surface area contributed by atoms with E-state index in [1.54, 1.807) is 18.2 Å². The second-order valence-electron chi connectivity index (χ2n) is 5.12. The summed E-state index contributed by atoms with van der Waals surface area (Å²) in [4.78, 5) is 25.4. The van der Waals surface area contributed by atoms with Gasteiger partial charge in [0.05, 0.1) is 5.56 Å². The van der Waals surface area contributed by atoms with E-state index in [-0.39, 0.29) is 11.9 Å². The molecule has 112 valence electrons. The Kier molecular flexibility index (Phi) is 4.62. The zero-order valence-electron chi connectivity index (χ0n) is 12.1. The van der Waals surface area contributed by atoms with Gasteiger partial charge in [-0.3, -0.25) is 4.79 Å². The van der Waals surface area contributed by atoms with Gasteiger partial charge in [0.25, 0.3) is 0 Å². The molecule has 1 aliphatic rings. The molecule has 0 saturated heterocycles. The Labute approximate surface area is 124 Å². The second kappa shape index (κ2) is 6.43. The zero-order chi connectivity index (χ0) is 15.4. The Bertz CT molecular complexity index is 569. The van der Waals surface area contributed by atoms with E-state index in [2.05, 4.69) is 11.9 Å². The number of amides is 1. The highest BCUT2D eigenvalue weighted by Gasteiger charge is 2.28. The van der Waals surface area contributed by atoms with Crippen molar-refractivity contribution in [3.05, 3.63) is 42.0 Å². The van der Waals surface area contributed by atoms with Crippen LogP contribution in [0.15, 0.2) is 30.9 Å². The number of benzene rings is 1. The number of anilines is 1. The monoisotopic (exact) mass is 288 g/mol. The van der Waals surface area contributed by atoms with Gasteiger partial charge in [-0.2, -0.15) is 0 Å². The van der Waals surface area contributed by atoms with E-state index < -0.39 is 5.97 Å². The van der Waals surface area contributed by atoms with E-state index >= 15 is 0 Å². The van der Waals surface area contributed by atoms with Crippen molar-refractivity contribution in [1.29, 1.82) is 0 Å². The number of hydrogen-bond donors (Lipinski definition) is 2. The standard InChI is InChI=1S/C16H20N2O3/c1-3-9-17-15(19)11(2)18-10-5-7-12-13(16(20)21)6-4-8-14(12)18/h3-4,6,8,11H,1,5,7,9-10H2,2H3,(H,17,19)(H,20,21). The van der Waals surface area contributed by atoms with Crippen molar-refractivity contribution < 1.29 is 14.7 Å². The van der Waals surface area contributed by atoms with E-state index in [1.165, 1.54) is 0 Å². The third kappa shape index (κ3) is 3.07. The topological polar surface area (TPSA) is 69.6 Å². The van der Waals surface area contributed by atoms with Crippen LogP contribution in [0.1, 0.15) is 29.3 Å². The number of carboxylic acids is 1. The predicted octanol–water partition coefficient (Wildman–Crippen LogP) is 1.83. The van der Waals surface area contributed by atoms with E-state index in [4.69, 9.17) is 0 Å². The van der Waals surface area contributed by atoms with Crippen LogP contribution in [0.5, 0.6) is 0 Å². The summed E-state index contributed by atoms with van der Waals surface area (Å²) >= 11 is 0. The number of nitrogens with zero attached hydrogens (tertiary/aromatic N) is 1. The van der Waals surface area contributed by atoms with Crippen molar-refractivity contribution in [3.63, 3.8) is 0 Å². The average molecular weight is 288 g/mol. The molecule has 2 N–H and O–H groups in total. The minimum atomic E-state index is -0.919. The van der Waals surface area contributed by atoms with E-state index in [0.717, 1.165) is 30.6 Å². The number of carboxylic acid groups (broad SMARTS) is 1. The Morgan fingerprint density at radius 3 is 2.95 bits per heavy atom. The van der Waals surface area contributed by atoms with Gasteiger partial charge in [0.1, 0.15) is 6.04 Å². The van der Waals surface area contributed by atoms with Crippen molar-refractivity contribution in [2.75, 3.05) is 18.0 Å². The fourth-order valence-corrected chi connectivity index (χ4v) is 2.72. The van der Waals surface area contributed by atoms with E-state index in [9.17, 15) is 14.7 Å². The first kappa shape index (κ1) is 15.1. The SMILES string of the molecule is C=CCNC(=O)C(C)N1CCCc2c(C(=O)O)cccc21. The predicted molar refractivity (Wildman–Crippen MR) is 81.7 cm³/mol. The minimum Gasteiger partial charge on any atom is -0.478 e. The number of aromatic carboxylic acids is 1. The van der Waals surface area contributed by atoms with Crippen LogP contribution >= 0.6 is 0 Å². The fourth-order valence-electron chi connectivity index (χ4n) is 2.72. The molecule has 21 heavy (non-hydrogen) atoms. The molecule has 0 aliphatic carbocycles. The third-order valence-electron chi connectivity index (χ3n) is 3.78. The van der Waals surface area contributed by atoms with Gasteiger partial charge in [0, 0.05) is 18.8 Å². The summed E-state index contributed by atoms with van der Waals surface area (Å²) in [5, 5.41) is 12.1. The molecule has 0 aromatic heterocycles. The molecule has 1 aliphatic heterocycles. The first-order valence-electron chi connectivity index (χ1n) is 7.06. The molecule has 1 heterocycles. The summed E-state index contributed by atoms with van der Waals surface area (Å²) in [6.07, 6.45) is 3.21. The van der Waals surface area contributed by atoms with Crippen LogP contribution < -0.4 is 10.2 Å². The van der Waals surface area contributed by atoms with Gasteiger partial charge in [0.2, 0.25) is 5.91 Å². The first-order chi connectivity index (χ1) is 10.1. The molecule has 2 rings (SSSR count). The minimum absolute atomic E-state index is 0.0801. The van der Waals surface area contributed by atoms with Gasteiger partial charge in [-0.15, -0.1) is 6.58 Å². The largest absolute Gasteiger partial charge is 0.478 e. The molecule has 0 saturated carbocycles. The van der Waals surface area contributed by atoms with Gasteiger partial charge in [-0.1, -0.05) is 12.1 Å². The van der Waals surface area contributed by atoms with Gasteiger partial charge >= 0.3 is 5.97 Å². The molecule has 0 fully saturated rings. The van der Waals surface area contributed by atoms with Crippen molar-refractivity contribution in [3.8, 4) is 0 Å². The van der Waals surface area contributed by atoms with Crippen LogP contribution in [-0.4, -0.2) is 36.1 Å². The highest BCUT2D eigenvalue weighted by atomic mass is 16.4. The molecule has 1 atom stereocenters. The second-order valence-corrected chi connectivity index (χ2v) is 5.12. The molecular formula is C16H20N2O3. The summed E-state index contributed by atoms with van der Waals surface area (Å²) in [7, 11) is 0. The van der Waals surface area contributed by atoms with Gasteiger partial charge < -0.3 is 15.3 Å². The van der Waals surface area contributed by atoms with Crippen molar-refractivity contribution in [2.24, 2.45) is 0 Å². The van der Waals surface area contributed by atoms with E-state index in [1.807, 2.05) is 17.9 Å². The summed E-state index contributed by atoms with van der Waals surface area (Å²) in [6, 6.07) is 4.90. The molecule has 5 nitrogen and oxygen atoms in total. The van der Waals surface area contributed by atoms with Gasteiger partial charge in [0.15, 0.2) is 0 Å². The number of hydrogen-bond acceptors (Lipinski definition) is 3. The number of carbonyl (C=O) groups is 2. The van der Waals surface area contributed by atoms with E-state index in [0.29, 0.717) is 12.1 Å². The maximum Gasteiger partial charge on any atom is 0.336 e. The van der Waals surface area contributed by atoms with Crippen LogP contribution in [0.4, 0.5) is 5.69 Å². The third-order valence-corrected chi connectivity index (χ3v) is 3.78. The molecule has 1 aromatic rings. The smallest absolute Gasteiger partial charge is 0.336 e. The lowest BCUT2D eigenvalue weighted by Crippen LogP contribution is -2.47. The van der Waals surface area contributed by atoms with Gasteiger partial charge in [-0.05, 0) is 37.5 Å². The lowest BCUT2D eigenvalue weighted by atomic mass is 9.95. The van der Waals surface area contributed by atoms with Crippen LogP contribution in [0.25, 0.3) is 0 Å². The van der Waals surface area contributed by atoms with Crippen molar-refractivity contribution in [1.82, 2.24) is 5.32 Å². The summed E-state index contributed by atoms with van der Waals surface area (Å²) in [6.45, 7) is 6.59. The molecule has 1 unspecified atom stereocenters. The molecule has 5 heteroatoms. The number of rotatable bonds is 5. The maximum absolute atomic E-state index is 12.1. The van der Waals surface area contributed by atoms with Gasteiger partial charge in [-0.25, -0.2) is 4.79 Å². The quantitative estimate of drug-likeness (QED) is 0.811. The Hall–Kier alpha value is -2.30. The summed E-state index contributed by atoms with van der Waals surface area (Å²) in [5.41, 5.74) is 2.00. The first-order valence-corrected chi connectivity index (χ1v) is 7.06. The lowest BCUT2D eigenvalue weighted by molar-refractivity contribution is -0.121. The highest BCUT2D eigenvalue weighted by Crippen LogP contribution is 2.31. The Balaban J connectivity index is 2.30. The normalized spacial score (nSPS) is 15.0. The molecular weight excluding hydrogens is 268 g/mol. The van der Waals surface area contributed by atoms with Crippen LogP contribution in [0.2, 0.25) is 0 Å². The van der Waals surface area contributed by atoms with Crippen LogP contribution in [0, 0.1) is 0 Å². The maximum atomic E-state index is 12.1. The number of carbonyl (C=O) groups excluding carboxylic acids is 1. The molecule has 1 aromatic carbocycles. The molecule has 0 spiro atoms. The average Bonchev–Trinajstić information content (AvgIpc) is 2.50. The van der Waals surface area contributed by atoms with Crippen LogP contribution in [0.3, 0.4) is 0 Å². The lowest BCUT2D eigenvalue weighted by Gasteiger charge is -2.36. The fraction of sp³-hybridized carbons (Fsp3) is 0.375. The van der Waals surface area contributed by atoms with Crippen LogP contribution in [-0.2, 0) is 11.2 Å².